The second kappa shape index (κ2) is 8.54. The highest BCUT2D eigenvalue weighted by Gasteiger charge is 2.22. The molecule has 130 valence electrons. The molecule has 3 N–H and O–H groups in total. The summed E-state index contributed by atoms with van der Waals surface area (Å²) in [6, 6.07) is 15.1. The Hall–Kier alpha value is -3.28. The number of anilines is 1. The number of para-hydroxylation sites is 1. The minimum atomic E-state index is -1.08. The van der Waals surface area contributed by atoms with Crippen molar-refractivity contribution in [3.63, 3.8) is 0 Å². The highest BCUT2D eigenvalue weighted by molar-refractivity contribution is 5.84. The van der Waals surface area contributed by atoms with Crippen molar-refractivity contribution in [2.24, 2.45) is 5.92 Å². The lowest BCUT2D eigenvalue weighted by atomic mass is 9.96. The van der Waals surface area contributed by atoms with E-state index in [2.05, 4.69) is 5.32 Å². The molecule has 0 unspecified atom stereocenters. The standard InChI is InChI=1S/C19H19NO5/c1-13(7-12-17(22)23)18(14-8-10-16(21)11-9-14)25-19(24)20-15-5-3-2-4-6-15/h2-13,18,21H,1H3,(H,20,24)(H,22,23)/b12-7+/t13-,18+/m0/s1. The minimum Gasteiger partial charge on any atom is -0.508 e. The summed E-state index contributed by atoms with van der Waals surface area (Å²) in [5.41, 5.74) is 1.23. The van der Waals surface area contributed by atoms with Crippen LogP contribution >= 0.6 is 0 Å². The number of aromatic hydroxyl groups is 1. The van der Waals surface area contributed by atoms with Crippen molar-refractivity contribution in [1.29, 1.82) is 0 Å². The average Bonchev–Trinajstić information content (AvgIpc) is 2.59. The molecular formula is C19H19NO5. The van der Waals surface area contributed by atoms with E-state index in [1.54, 1.807) is 43.3 Å². The van der Waals surface area contributed by atoms with Crippen molar-refractivity contribution >= 4 is 17.7 Å². The number of aliphatic carboxylic acids is 1. The fraction of sp³-hybridized carbons (Fsp3) is 0.158. The van der Waals surface area contributed by atoms with E-state index in [1.807, 2.05) is 6.07 Å². The van der Waals surface area contributed by atoms with Gasteiger partial charge in [-0.05, 0) is 29.8 Å². The lowest BCUT2D eigenvalue weighted by Gasteiger charge is -2.22. The smallest absolute Gasteiger partial charge is 0.412 e. The van der Waals surface area contributed by atoms with Crippen LogP contribution < -0.4 is 5.32 Å². The van der Waals surface area contributed by atoms with Gasteiger partial charge in [-0.15, -0.1) is 0 Å². The van der Waals surface area contributed by atoms with Crippen LogP contribution in [0.5, 0.6) is 5.75 Å². The molecule has 0 aliphatic heterocycles. The Morgan fingerprint density at radius 1 is 1.08 bits per heavy atom. The van der Waals surface area contributed by atoms with Gasteiger partial charge >= 0.3 is 12.1 Å². The lowest BCUT2D eigenvalue weighted by Crippen LogP contribution is -2.21. The second-order valence-corrected chi connectivity index (χ2v) is 5.46. The van der Waals surface area contributed by atoms with Gasteiger partial charge in [-0.1, -0.05) is 43.3 Å². The number of carbonyl (C=O) groups excluding carboxylic acids is 1. The molecule has 0 bridgehead atoms. The second-order valence-electron chi connectivity index (χ2n) is 5.46. The molecule has 2 rings (SSSR count). The predicted octanol–water partition coefficient (Wildman–Crippen LogP) is 3.96. The molecule has 0 saturated carbocycles. The van der Waals surface area contributed by atoms with Gasteiger partial charge in [-0.25, -0.2) is 9.59 Å². The van der Waals surface area contributed by atoms with E-state index in [0.717, 1.165) is 6.08 Å². The quantitative estimate of drug-likeness (QED) is 0.691. The van der Waals surface area contributed by atoms with Gasteiger partial charge in [0.1, 0.15) is 11.9 Å². The number of hydrogen-bond acceptors (Lipinski definition) is 4. The van der Waals surface area contributed by atoms with Crippen molar-refractivity contribution < 1.29 is 24.5 Å². The van der Waals surface area contributed by atoms with Gasteiger partial charge in [0.15, 0.2) is 0 Å². The summed E-state index contributed by atoms with van der Waals surface area (Å²) in [4.78, 5) is 22.9. The van der Waals surface area contributed by atoms with Crippen LogP contribution in [0, 0.1) is 5.92 Å². The van der Waals surface area contributed by atoms with Crippen molar-refractivity contribution in [2.75, 3.05) is 5.32 Å². The third-order valence-electron chi connectivity index (χ3n) is 3.50. The fourth-order valence-corrected chi connectivity index (χ4v) is 2.26. The summed E-state index contributed by atoms with van der Waals surface area (Å²) < 4.78 is 5.50. The molecule has 0 aliphatic rings. The molecule has 6 nitrogen and oxygen atoms in total. The third kappa shape index (κ3) is 5.69. The SMILES string of the molecule is C[C@@H](/C=C/C(=O)O)[C@@H](OC(=O)Nc1ccccc1)c1ccc(O)cc1. The number of carboxylic acids is 1. The van der Waals surface area contributed by atoms with Crippen LogP contribution in [-0.4, -0.2) is 22.3 Å². The first-order valence-electron chi connectivity index (χ1n) is 7.68. The molecule has 25 heavy (non-hydrogen) atoms. The zero-order valence-corrected chi connectivity index (χ0v) is 13.6. The molecule has 0 fully saturated rings. The maximum absolute atomic E-state index is 12.2. The van der Waals surface area contributed by atoms with Crippen LogP contribution in [0.2, 0.25) is 0 Å². The number of phenolic OH excluding ortho intramolecular Hbond substituents is 1. The summed E-state index contributed by atoms with van der Waals surface area (Å²) in [5.74, 6) is -1.38. The van der Waals surface area contributed by atoms with Gasteiger partial charge in [-0.3, -0.25) is 5.32 Å². The van der Waals surface area contributed by atoms with E-state index in [9.17, 15) is 14.7 Å². The van der Waals surface area contributed by atoms with Crippen molar-refractivity contribution in [2.45, 2.75) is 13.0 Å². The third-order valence-corrected chi connectivity index (χ3v) is 3.50. The summed E-state index contributed by atoms with van der Waals surface area (Å²) >= 11 is 0. The molecule has 2 aromatic carbocycles. The highest BCUT2D eigenvalue weighted by atomic mass is 16.6. The molecule has 0 heterocycles. The lowest BCUT2D eigenvalue weighted by molar-refractivity contribution is -0.131. The first kappa shape index (κ1) is 18.1. The summed E-state index contributed by atoms with van der Waals surface area (Å²) in [5, 5.41) is 20.8. The van der Waals surface area contributed by atoms with Crippen LogP contribution in [0.3, 0.4) is 0 Å². The number of amides is 1. The molecule has 0 aliphatic carbocycles. The van der Waals surface area contributed by atoms with Crippen LogP contribution in [0.25, 0.3) is 0 Å². The largest absolute Gasteiger partial charge is 0.508 e. The van der Waals surface area contributed by atoms with E-state index in [-0.39, 0.29) is 11.7 Å². The first-order valence-corrected chi connectivity index (χ1v) is 7.68. The van der Waals surface area contributed by atoms with Gasteiger partial charge in [0.05, 0.1) is 0 Å². The van der Waals surface area contributed by atoms with Crippen LogP contribution in [0.15, 0.2) is 66.7 Å². The number of phenols is 1. The van der Waals surface area contributed by atoms with Crippen molar-refractivity contribution in [1.82, 2.24) is 0 Å². The normalized spacial score (nSPS) is 13.2. The highest BCUT2D eigenvalue weighted by Crippen LogP contribution is 2.29. The Morgan fingerprint density at radius 2 is 1.72 bits per heavy atom. The van der Waals surface area contributed by atoms with Gasteiger partial charge in [0, 0.05) is 17.7 Å². The van der Waals surface area contributed by atoms with Gasteiger partial charge in [0.2, 0.25) is 0 Å². The minimum absolute atomic E-state index is 0.0879. The van der Waals surface area contributed by atoms with Crippen molar-refractivity contribution in [3.05, 3.63) is 72.3 Å². The van der Waals surface area contributed by atoms with E-state index in [1.165, 1.54) is 18.2 Å². The van der Waals surface area contributed by atoms with Gasteiger partial charge < -0.3 is 14.9 Å². The maximum atomic E-state index is 12.2. The molecule has 0 saturated heterocycles. The Morgan fingerprint density at radius 3 is 2.32 bits per heavy atom. The predicted molar refractivity (Wildman–Crippen MR) is 93.3 cm³/mol. The summed E-state index contributed by atoms with van der Waals surface area (Å²) in [7, 11) is 0. The molecule has 2 atom stereocenters. The molecular weight excluding hydrogens is 322 g/mol. The van der Waals surface area contributed by atoms with Crippen molar-refractivity contribution in [3.8, 4) is 5.75 Å². The molecule has 6 heteroatoms. The van der Waals surface area contributed by atoms with Gasteiger partial charge in [-0.2, -0.15) is 0 Å². The molecule has 0 radical (unpaired) electrons. The van der Waals surface area contributed by atoms with E-state index in [0.29, 0.717) is 11.3 Å². The molecule has 1 amide bonds. The number of benzene rings is 2. The number of ether oxygens (including phenoxy) is 1. The number of carboxylic acid groups (broad SMARTS) is 1. The van der Waals surface area contributed by atoms with Gasteiger partial charge in [0.25, 0.3) is 0 Å². The number of nitrogens with one attached hydrogen (secondary N) is 1. The fourth-order valence-electron chi connectivity index (χ4n) is 2.26. The zero-order valence-electron chi connectivity index (χ0n) is 13.6. The molecule has 0 aromatic heterocycles. The molecule has 2 aromatic rings. The number of hydrogen-bond donors (Lipinski definition) is 3. The Bertz CT molecular complexity index is 740. The zero-order chi connectivity index (χ0) is 18.2. The average molecular weight is 341 g/mol. The monoisotopic (exact) mass is 341 g/mol. The number of carbonyl (C=O) groups is 2. The van der Waals surface area contributed by atoms with E-state index >= 15 is 0 Å². The van der Waals surface area contributed by atoms with Crippen LogP contribution in [-0.2, 0) is 9.53 Å². The van der Waals surface area contributed by atoms with E-state index < -0.39 is 18.2 Å². The Labute approximate surface area is 145 Å². The summed E-state index contributed by atoms with van der Waals surface area (Å²) in [6.07, 6.45) is 1.10. The molecule has 0 spiro atoms. The first-order chi connectivity index (χ1) is 12.0. The maximum Gasteiger partial charge on any atom is 0.412 e. The summed E-state index contributed by atoms with van der Waals surface area (Å²) in [6.45, 7) is 1.74. The topological polar surface area (TPSA) is 95.9 Å². The Balaban J connectivity index is 2.17. The van der Waals surface area contributed by atoms with E-state index in [4.69, 9.17) is 9.84 Å². The van der Waals surface area contributed by atoms with Crippen LogP contribution in [0.1, 0.15) is 18.6 Å². The van der Waals surface area contributed by atoms with Crippen LogP contribution in [0.4, 0.5) is 10.5 Å². The Kier molecular flexibility index (Phi) is 6.17. The number of rotatable bonds is 6.